The van der Waals surface area contributed by atoms with Crippen LogP contribution in [0.1, 0.15) is 6.42 Å². The molecule has 6 heavy (non-hydrogen) atoms. The molecule has 2 nitrogen and oxygen atoms in total. The minimum atomic E-state index is -0.227. The summed E-state index contributed by atoms with van der Waals surface area (Å²) in [6, 6.07) is -0.227. The van der Waals surface area contributed by atoms with E-state index < -0.39 is 0 Å². The number of hydrogen-bond donors (Lipinski definition) is 2. The Balaban J connectivity index is 2.63. The molecule has 0 amide bonds. The highest BCUT2D eigenvalue weighted by Gasteiger charge is 1.86. The molecule has 1 unspecified atom stereocenters. The van der Waals surface area contributed by atoms with Gasteiger partial charge >= 0.3 is 0 Å². The molecule has 0 saturated carbocycles. The van der Waals surface area contributed by atoms with E-state index >= 15 is 0 Å². The van der Waals surface area contributed by atoms with Crippen molar-refractivity contribution in [1.82, 2.24) is 0 Å². The summed E-state index contributed by atoms with van der Waals surface area (Å²) in [7, 11) is 0. The highest BCUT2D eigenvalue weighted by atomic mass is 14.6. The Bertz CT molecular complexity index is 26.7. The first kappa shape index (κ1) is 5.92. The maximum absolute atomic E-state index is 5.10. The fourth-order valence-electron chi connectivity index (χ4n) is 0.192. The van der Waals surface area contributed by atoms with Gasteiger partial charge in [0.05, 0.1) is 0 Å². The molecular weight excluding hydrogens is 76.1 g/mol. The van der Waals surface area contributed by atoms with Crippen LogP contribution >= 0.6 is 0 Å². The zero-order chi connectivity index (χ0) is 4.99. The van der Waals surface area contributed by atoms with Crippen LogP contribution in [-0.2, 0) is 0 Å². The van der Waals surface area contributed by atoms with Gasteiger partial charge in [0.2, 0.25) is 0 Å². The van der Waals surface area contributed by atoms with Gasteiger partial charge in [-0.15, -0.1) is 0 Å². The Hall–Kier alpha value is -0.0800. The monoisotopic (exact) mass is 86.1 g/mol. The Morgan fingerprint density at radius 3 is 2.17 bits per heavy atom. The normalized spacial score (nSPS) is 14.5. The second kappa shape index (κ2) is 3.12. The second-order valence-electron chi connectivity index (χ2n) is 1.24. The average Bonchev–Trinajstić information content (AvgIpc) is 1.35. The maximum Gasteiger partial charge on any atom is 0.00858 e. The van der Waals surface area contributed by atoms with Crippen molar-refractivity contribution in [2.45, 2.75) is 12.5 Å². The third-order valence-electron chi connectivity index (χ3n) is 0.500. The fourth-order valence-corrected chi connectivity index (χ4v) is 0.192. The van der Waals surface area contributed by atoms with Gasteiger partial charge in [-0.1, -0.05) is 0 Å². The molecule has 4 N–H and O–H groups in total. The first-order chi connectivity index (χ1) is 2.77. The lowest BCUT2D eigenvalue weighted by Crippen LogP contribution is -2.19. The highest BCUT2D eigenvalue weighted by molar-refractivity contribution is 4.61. The van der Waals surface area contributed by atoms with E-state index in [0.717, 1.165) is 0 Å². The van der Waals surface area contributed by atoms with Crippen LogP contribution in [0.15, 0.2) is 0 Å². The van der Waals surface area contributed by atoms with Gasteiger partial charge in [0.1, 0.15) is 0 Å². The van der Waals surface area contributed by atoms with Crippen molar-refractivity contribution in [3.05, 3.63) is 6.92 Å². The van der Waals surface area contributed by atoms with Crippen molar-refractivity contribution in [2.75, 3.05) is 6.54 Å². The molecular formula is C4H10N2. The molecule has 0 aromatic heterocycles. The van der Waals surface area contributed by atoms with Crippen molar-refractivity contribution in [3.63, 3.8) is 0 Å². The summed E-state index contributed by atoms with van der Waals surface area (Å²) in [4.78, 5) is 0. The summed E-state index contributed by atoms with van der Waals surface area (Å²) in [6.45, 7) is 5.68. The van der Waals surface area contributed by atoms with E-state index in [1.807, 2.05) is 0 Å². The van der Waals surface area contributed by atoms with Crippen LogP contribution < -0.4 is 11.5 Å². The summed E-state index contributed by atoms with van der Waals surface area (Å²) in [5.41, 5.74) is 10.2. The van der Waals surface area contributed by atoms with E-state index in [1.54, 1.807) is 0 Å². The quantitative estimate of drug-likeness (QED) is 0.470. The molecule has 0 fully saturated rings. The van der Waals surface area contributed by atoms with Crippen LogP contribution in [0, 0.1) is 6.92 Å². The lowest BCUT2D eigenvalue weighted by atomic mass is 10.3. The van der Waals surface area contributed by atoms with Crippen molar-refractivity contribution >= 4 is 0 Å². The molecule has 0 aliphatic carbocycles. The Morgan fingerprint density at radius 2 is 2.17 bits per heavy atom. The van der Waals surface area contributed by atoms with Crippen LogP contribution in [0.5, 0.6) is 0 Å². The first-order valence-corrected chi connectivity index (χ1v) is 1.98. The van der Waals surface area contributed by atoms with Crippen molar-refractivity contribution in [3.8, 4) is 0 Å². The summed E-state index contributed by atoms with van der Waals surface area (Å²) >= 11 is 0. The molecule has 0 heterocycles. The molecule has 0 aromatic carbocycles. The average molecular weight is 86.1 g/mol. The third kappa shape index (κ3) is 3.92. The predicted molar refractivity (Wildman–Crippen MR) is 25.9 cm³/mol. The molecule has 0 aliphatic rings. The molecule has 0 rings (SSSR count). The van der Waals surface area contributed by atoms with Gasteiger partial charge < -0.3 is 11.5 Å². The van der Waals surface area contributed by atoms with E-state index in [9.17, 15) is 0 Å². The first-order valence-electron chi connectivity index (χ1n) is 1.98. The summed E-state index contributed by atoms with van der Waals surface area (Å²) < 4.78 is 0. The molecule has 0 spiro atoms. The smallest absolute Gasteiger partial charge is 0.00858 e. The van der Waals surface area contributed by atoms with Gasteiger partial charge in [0, 0.05) is 6.04 Å². The van der Waals surface area contributed by atoms with E-state index in [4.69, 9.17) is 18.4 Å². The van der Waals surface area contributed by atoms with Crippen molar-refractivity contribution in [2.24, 2.45) is 11.5 Å². The SMILES string of the molecule is [CH]C(N)CCN. The lowest BCUT2D eigenvalue weighted by molar-refractivity contribution is 0.728. The summed E-state index contributed by atoms with van der Waals surface area (Å²) in [5, 5.41) is 0. The Kier molecular flexibility index (Phi) is 3.08. The molecule has 2 radical (unpaired) electrons. The van der Waals surface area contributed by atoms with Gasteiger partial charge in [0.15, 0.2) is 0 Å². The highest BCUT2D eigenvalue weighted by Crippen LogP contribution is 1.76. The largest absolute Gasteiger partial charge is 0.330 e. The minimum Gasteiger partial charge on any atom is -0.330 e. The topological polar surface area (TPSA) is 52.0 Å². The Morgan fingerprint density at radius 1 is 1.67 bits per heavy atom. The van der Waals surface area contributed by atoms with Crippen molar-refractivity contribution in [1.29, 1.82) is 0 Å². The van der Waals surface area contributed by atoms with Gasteiger partial charge in [-0.05, 0) is 19.9 Å². The molecule has 0 aliphatic heterocycles. The predicted octanol–water partition coefficient (Wildman–Crippen LogP) is -0.626. The van der Waals surface area contributed by atoms with Gasteiger partial charge in [-0.2, -0.15) is 0 Å². The second-order valence-corrected chi connectivity index (χ2v) is 1.24. The van der Waals surface area contributed by atoms with Crippen LogP contribution in [-0.4, -0.2) is 12.6 Å². The molecule has 0 saturated heterocycles. The third-order valence-corrected chi connectivity index (χ3v) is 0.500. The van der Waals surface area contributed by atoms with Gasteiger partial charge in [-0.25, -0.2) is 0 Å². The molecule has 2 heteroatoms. The molecule has 36 valence electrons. The van der Waals surface area contributed by atoms with Crippen LogP contribution in [0.2, 0.25) is 0 Å². The molecule has 0 bridgehead atoms. The van der Waals surface area contributed by atoms with Crippen LogP contribution in [0.3, 0.4) is 0 Å². The number of rotatable bonds is 2. The summed E-state index contributed by atoms with van der Waals surface area (Å²) in [6.07, 6.45) is 0.708. The zero-order valence-electron chi connectivity index (χ0n) is 3.72. The maximum atomic E-state index is 5.10. The van der Waals surface area contributed by atoms with Gasteiger partial charge in [0.25, 0.3) is 0 Å². The number of hydrogen-bond acceptors (Lipinski definition) is 2. The van der Waals surface area contributed by atoms with Crippen molar-refractivity contribution < 1.29 is 0 Å². The van der Waals surface area contributed by atoms with E-state index in [1.165, 1.54) is 0 Å². The van der Waals surface area contributed by atoms with E-state index in [-0.39, 0.29) is 6.04 Å². The standard InChI is InChI=1S/C4H10N2/c1-4(6)2-3-5/h1,4H,2-3,5-6H2. The molecule has 0 aromatic rings. The van der Waals surface area contributed by atoms with E-state index in [0.29, 0.717) is 13.0 Å². The summed E-state index contributed by atoms with van der Waals surface area (Å²) in [5.74, 6) is 0. The van der Waals surface area contributed by atoms with Crippen LogP contribution in [0.25, 0.3) is 0 Å². The Labute approximate surface area is 38.5 Å². The zero-order valence-corrected chi connectivity index (χ0v) is 3.72. The van der Waals surface area contributed by atoms with E-state index in [2.05, 4.69) is 0 Å². The minimum absolute atomic E-state index is 0.227. The van der Waals surface area contributed by atoms with Gasteiger partial charge in [-0.3, -0.25) is 0 Å². The van der Waals surface area contributed by atoms with Crippen LogP contribution in [0.4, 0.5) is 0 Å². The fraction of sp³-hybridized carbons (Fsp3) is 0.750. The lowest BCUT2D eigenvalue weighted by Gasteiger charge is -1.96. The number of nitrogens with two attached hydrogens (primary N) is 2. The molecule has 1 atom stereocenters.